The van der Waals surface area contributed by atoms with Crippen LogP contribution in [0.15, 0.2) is 51.6 Å². The van der Waals surface area contributed by atoms with E-state index in [0.717, 1.165) is 55.2 Å². The summed E-state index contributed by atoms with van der Waals surface area (Å²) in [6.07, 6.45) is 4.57. The van der Waals surface area contributed by atoms with Crippen molar-refractivity contribution >= 4 is 17.7 Å². The Hall–Kier alpha value is -2.58. The summed E-state index contributed by atoms with van der Waals surface area (Å²) >= 11 is 1.83. The molecule has 35 heavy (non-hydrogen) atoms. The molecule has 1 atom stereocenters. The fourth-order valence-corrected chi connectivity index (χ4v) is 5.12. The molecule has 1 amide bonds. The third kappa shape index (κ3) is 7.45. The van der Waals surface area contributed by atoms with Gasteiger partial charge in [-0.1, -0.05) is 50.2 Å². The quantitative estimate of drug-likeness (QED) is 0.382. The largest absolute Gasteiger partial charge is 0.468 e. The molecule has 1 aromatic carbocycles. The number of rotatable bonds is 10. The summed E-state index contributed by atoms with van der Waals surface area (Å²) in [4.78, 5) is 19.5. The first-order valence-corrected chi connectivity index (χ1v) is 13.6. The van der Waals surface area contributed by atoms with Crippen molar-refractivity contribution < 1.29 is 13.7 Å². The minimum Gasteiger partial charge on any atom is -0.468 e. The van der Waals surface area contributed by atoms with Gasteiger partial charge in [-0.25, -0.2) is 0 Å². The zero-order chi connectivity index (χ0) is 24.7. The molecule has 1 fully saturated rings. The maximum absolute atomic E-state index is 12.7. The van der Waals surface area contributed by atoms with Gasteiger partial charge in [-0.2, -0.15) is 16.7 Å². The van der Waals surface area contributed by atoms with Gasteiger partial charge in [0.15, 0.2) is 0 Å². The van der Waals surface area contributed by atoms with Crippen molar-refractivity contribution in [2.45, 2.75) is 57.7 Å². The number of hydrogen-bond acceptors (Lipinski definition) is 7. The van der Waals surface area contributed by atoms with Crippen molar-refractivity contribution in [3.63, 3.8) is 0 Å². The van der Waals surface area contributed by atoms with Crippen LogP contribution in [-0.4, -0.2) is 46.3 Å². The zero-order valence-electron chi connectivity index (χ0n) is 21.0. The van der Waals surface area contributed by atoms with Crippen molar-refractivity contribution in [1.82, 2.24) is 20.4 Å². The van der Waals surface area contributed by atoms with Crippen molar-refractivity contribution in [3.8, 4) is 11.4 Å². The Kier molecular flexibility index (Phi) is 8.68. The molecule has 0 aliphatic carbocycles. The van der Waals surface area contributed by atoms with Gasteiger partial charge in [0.25, 0.3) is 0 Å². The number of nitrogens with one attached hydrogen (secondary N) is 1. The molecular weight excluding hydrogens is 460 g/mol. The van der Waals surface area contributed by atoms with Crippen LogP contribution in [0.2, 0.25) is 0 Å². The van der Waals surface area contributed by atoms with Crippen LogP contribution in [0.1, 0.15) is 57.2 Å². The number of thioether (sulfide) groups is 1. The Balaban J connectivity index is 1.20. The van der Waals surface area contributed by atoms with Crippen molar-refractivity contribution in [2.24, 2.45) is 5.92 Å². The van der Waals surface area contributed by atoms with E-state index in [4.69, 9.17) is 8.94 Å². The highest BCUT2D eigenvalue weighted by Gasteiger charge is 2.26. The second kappa shape index (κ2) is 11.9. The van der Waals surface area contributed by atoms with Crippen LogP contribution in [-0.2, 0) is 22.5 Å². The lowest BCUT2D eigenvalue weighted by atomic mass is 9.87. The van der Waals surface area contributed by atoms with Crippen LogP contribution < -0.4 is 5.32 Å². The molecule has 188 valence electrons. The van der Waals surface area contributed by atoms with E-state index >= 15 is 0 Å². The first kappa shape index (κ1) is 25.5. The lowest BCUT2D eigenvalue weighted by molar-refractivity contribution is -0.126. The molecule has 1 aliphatic heterocycles. The van der Waals surface area contributed by atoms with E-state index in [1.165, 1.54) is 5.56 Å². The molecule has 8 heteroatoms. The van der Waals surface area contributed by atoms with Crippen molar-refractivity contribution in [2.75, 3.05) is 25.4 Å². The van der Waals surface area contributed by atoms with Gasteiger partial charge < -0.3 is 14.3 Å². The summed E-state index contributed by atoms with van der Waals surface area (Å²) < 4.78 is 10.9. The maximum Gasteiger partial charge on any atom is 0.241 e. The van der Waals surface area contributed by atoms with E-state index in [1.807, 2.05) is 36.0 Å². The fourth-order valence-electron chi connectivity index (χ4n) is 4.26. The molecule has 3 aromatic rings. The standard InChI is InChI=1S/C27H36N4O3S/c1-27(2,3)22-11-9-20(10-12-22)25-29-24(34-30-25)18-31-14-4-7-21(17-31)26(32)28-13-6-16-35-19-23-8-5-15-33-23/h5,8-12,15,21H,4,6-7,13-14,16-19H2,1-3H3,(H,28,32). The normalized spacial score (nSPS) is 16.9. The first-order valence-electron chi connectivity index (χ1n) is 12.4. The maximum atomic E-state index is 12.7. The van der Waals surface area contributed by atoms with E-state index in [1.54, 1.807) is 6.26 Å². The topological polar surface area (TPSA) is 84.4 Å². The Labute approximate surface area is 212 Å². The molecular formula is C27H36N4O3S. The highest BCUT2D eigenvalue weighted by atomic mass is 32.2. The molecule has 1 N–H and O–H groups in total. The number of hydrogen-bond donors (Lipinski definition) is 1. The van der Waals surface area contributed by atoms with Gasteiger partial charge in [-0.05, 0) is 54.7 Å². The van der Waals surface area contributed by atoms with E-state index in [2.05, 4.69) is 53.3 Å². The van der Waals surface area contributed by atoms with Gasteiger partial charge in [0.05, 0.1) is 24.5 Å². The molecule has 0 spiro atoms. The highest BCUT2D eigenvalue weighted by molar-refractivity contribution is 7.98. The van der Waals surface area contributed by atoms with Gasteiger partial charge in [0.2, 0.25) is 17.6 Å². The van der Waals surface area contributed by atoms with Gasteiger partial charge in [0, 0.05) is 18.7 Å². The number of amides is 1. The minimum absolute atomic E-state index is 0.00635. The average Bonchev–Trinajstić information content (AvgIpc) is 3.53. The Bertz CT molecular complexity index is 1060. The highest BCUT2D eigenvalue weighted by Crippen LogP contribution is 2.25. The Morgan fingerprint density at radius 1 is 1.23 bits per heavy atom. The number of piperidine rings is 1. The number of likely N-dealkylation sites (tertiary alicyclic amines) is 1. The minimum atomic E-state index is 0.00635. The molecule has 1 aliphatic rings. The van der Waals surface area contributed by atoms with Crippen LogP contribution in [0.25, 0.3) is 11.4 Å². The van der Waals surface area contributed by atoms with Gasteiger partial charge in [-0.15, -0.1) is 0 Å². The lowest BCUT2D eigenvalue weighted by Gasteiger charge is -2.30. The molecule has 0 saturated carbocycles. The smallest absolute Gasteiger partial charge is 0.241 e. The number of furan rings is 1. The van der Waals surface area contributed by atoms with E-state index in [0.29, 0.717) is 24.8 Å². The zero-order valence-corrected chi connectivity index (χ0v) is 21.8. The molecule has 2 aromatic heterocycles. The molecule has 0 radical (unpaired) electrons. The van der Waals surface area contributed by atoms with Crippen LogP contribution >= 0.6 is 11.8 Å². The van der Waals surface area contributed by atoms with Gasteiger partial charge >= 0.3 is 0 Å². The molecule has 1 unspecified atom stereocenters. The third-order valence-corrected chi connectivity index (χ3v) is 7.37. The predicted octanol–water partition coefficient (Wildman–Crippen LogP) is 5.28. The van der Waals surface area contributed by atoms with Gasteiger partial charge in [-0.3, -0.25) is 9.69 Å². The second-order valence-electron chi connectivity index (χ2n) is 10.2. The van der Waals surface area contributed by atoms with Crippen LogP contribution in [0, 0.1) is 5.92 Å². The predicted molar refractivity (Wildman–Crippen MR) is 139 cm³/mol. The van der Waals surface area contributed by atoms with E-state index < -0.39 is 0 Å². The van der Waals surface area contributed by atoms with Gasteiger partial charge in [0.1, 0.15) is 5.76 Å². The lowest BCUT2D eigenvalue weighted by Crippen LogP contribution is -2.43. The van der Waals surface area contributed by atoms with Crippen LogP contribution in [0.3, 0.4) is 0 Å². The summed E-state index contributed by atoms with van der Waals surface area (Å²) in [5.41, 5.74) is 2.33. The first-order chi connectivity index (χ1) is 16.9. The summed E-state index contributed by atoms with van der Waals surface area (Å²) in [5.74, 6) is 4.22. The number of carbonyl (C=O) groups excluding carboxylic acids is 1. The fraction of sp³-hybridized carbons (Fsp3) is 0.519. The molecule has 3 heterocycles. The number of carbonyl (C=O) groups is 1. The summed E-state index contributed by atoms with van der Waals surface area (Å²) in [6.45, 7) is 9.53. The SMILES string of the molecule is CC(C)(C)c1ccc(-c2noc(CN3CCCC(C(=O)NCCCSCc4ccco4)C3)n2)cc1. The van der Waals surface area contributed by atoms with Crippen LogP contribution in [0.4, 0.5) is 0 Å². The summed E-state index contributed by atoms with van der Waals surface area (Å²) in [7, 11) is 0. The van der Waals surface area contributed by atoms with Crippen molar-refractivity contribution in [1.29, 1.82) is 0 Å². The summed E-state index contributed by atoms with van der Waals surface area (Å²) in [5, 5.41) is 7.30. The third-order valence-electron chi connectivity index (χ3n) is 6.30. The number of nitrogens with zero attached hydrogens (tertiary/aromatic N) is 3. The van der Waals surface area contributed by atoms with E-state index in [9.17, 15) is 4.79 Å². The summed E-state index contributed by atoms with van der Waals surface area (Å²) in [6, 6.07) is 12.2. The molecule has 7 nitrogen and oxygen atoms in total. The monoisotopic (exact) mass is 496 g/mol. The number of benzene rings is 1. The Morgan fingerprint density at radius 3 is 2.80 bits per heavy atom. The van der Waals surface area contributed by atoms with Crippen LogP contribution in [0.5, 0.6) is 0 Å². The molecule has 4 rings (SSSR count). The Morgan fingerprint density at radius 2 is 2.06 bits per heavy atom. The second-order valence-corrected chi connectivity index (χ2v) is 11.3. The number of aromatic nitrogens is 2. The van der Waals surface area contributed by atoms with E-state index in [-0.39, 0.29) is 17.2 Å². The molecule has 1 saturated heterocycles. The molecule has 0 bridgehead atoms. The average molecular weight is 497 g/mol. The van der Waals surface area contributed by atoms with Crippen molar-refractivity contribution in [3.05, 3.63) is 59.9 Å².